The van der Waals surface area contributed by atoms with Crippen molar-refractivity contribution in [2.45, 2.75) is 46.2 Å². The average Bonchev–Trinajstić information content (AvgIpc) is 2.86. The molecule has 17 heavy (non-hydrogen) atoms. The minimum Gasteiger partial charge on any atom is -0.333 e. The first-order valence-corrected chi connectivity index (χ1v) is 6.09. The third kappa shape index (κ3) is 2.57. The van der Waals surface area contributed by atoms with E-state index in [0.29, 0.717) is 12.0 Å². The summed E-state index contributed by atoms with van der Waals surface area (Å²) in [5.41, 5.74) is 1.09. The number of rotatable bonds is 4. The van der Waals surface area contributed by atoms with Crippen molar-refractivity contribution in [1.29, 1.82) is 0 Å². The SMILES string of the molecule is Cc1cn(CC(C)n2ccnc2)c(C(C)C)n1. The van der Waals surface area contributed by atoms with E-state index >= 15 is 0 Å². The predicted octanol–water partition coefficient (Wildman–Crippen LogP) is 2.77. The molecular formula is C13H20N4. The molecule has 0 aliphatic carbocycles. The van der Waals surface area contributed by atoms with Gasteiger partial charge in [0.2, 0.25) is 0 Å². The fourth-order valence-corrected chi connectivity index (χ4v) is 2.08. The summed E-state index contributed by atoms with van der Waals surface area (Å²) in [6.45, 7) is 9.54. The summed E-state index contributed by atoms with van der Waals surface area (Å²) in [6.07, 6.45) is 7.81. The Hall–Kier alpha value is -1.58. The molecule has 0 aliphatic rings. The Kier molecular flexibility index (Phi) is 3.31. The Balaban J connectivity index is 2.18. The van der Waals surface area contributed by atoms with Gasteiger partial charge in [-0.25, -0.2) is 9.97 Å². The zero-order valence-electron chi connectivity index (χ0n) is 11.0. The zero-order valence-corrected chi connectivity index (χ0v) is 11.0. The van der Waals surface area contributed by atoms with Gasteiger partial charge in [0.25, 0.3) is 0 Å². The molecule has 0 amide bonds. The van der Waals surface area contributed by atoms with Crippen molar-refractivity contribution in [3.8, 4) is 0 Å². The van der Waals surface area contributed by atoms with E-state index in [1.807, 2.05) is 25.6 Å². The Bertz CT molecular complexity index is 468. The van der Waals surface area contributed by atoms with Crippen LogP contribution in [0.1, 0.15) is 44.2 Å². The lowest BCUT2D eigenvalue weighted by atomic mass is 10.2. The van der Waals surface area contributed by atoms with Gasteiger partial charge < -0.3 is 9.13 Å². The van der Waals surface area contributed by atoms with Gasteiger partial charge in [-0.15, -0.1) is 0 Å². The van der Waals surface area contributed by atoms with Gasteiger partial charge in [0.15, 0.2) is 0 Å². The van der Waals surface area contributed by atoms with Gasteiger partial charge in [0, 0.05) is 37.1 Å². The first kappa shape index (κ1) is 11.9. The fourth-order valence-electron chi connectivity index (χ4n) is 2.08. The van der Waals surface area contributed by atoms with E-state index < -0.39 is 0 Å². The molecule has 2 aromatic heterocycles. The van der Waals surface area contributed by atoms with E-state index in [4.69, 9.17) is 0 Å². The summed E-state index contributed by atoms with van der Waals surface area (Å²) in [5.74, 6) is 1.62. The first-order valence-electron chi connectivity index (χ1n) is 6.09. The minimum absolute atomic E-state index is 0.392. The van der Waals surface area contributed by atoms with Crippen molar-refractivity contribution in [1.82, 2.24) is 19.1 Å². The first-order chi connectivity index (χ1) is 8.08. The second-order valence-corrected chi connectivity index (χ2v) is 4.91. The monoisotopic (exact) mass is 232 g/mol. The van der Waals surface area contributed by atoms with Gasteiger partial charge in [-0.3, -0.25) is 0 Å². The molecule has 2 rings (SSSR count). The predicted molar refractivity (Wildman–Crippen MR) is 68.0 cm³/mol. The van der Waals surface area contributed by atoms with E-state index in [-0.39, 0.29) is 0 Å². The highest BCUT2D eigenvalue weighted by Crippen LogP contribution is 2.17. The molecule has 1 unspecified atom stereocenters. The topological polar surface area (TPSA) is 35.6 Å². The normalized spacial score (nSPS) is 13.2. The van der Waals surface area contributed by atoms with Gasteiger partial charge in [-0.05, 0) is 13.8 Å². The Morgan fingerprint density at radius 2 is 2.06 bits per heavy atom. The molecule has 0 N–H and O–H groups in total. The van der Waals surface area contributed by atoms with Crippen molar-refractivity contribution >= 4 is 0 Å². The van der Waals surface area contributed by atoms with Gasteiger partial charge in [0.1, 0.15) is 5.82 Å². The van der Waals surface area contributed by atoms with E-state index in [9.17, 15) is 0 Å². The van der Waals surface area contributed by atoms with Gasteiger partial charge in [-0.2, -0.15) is 0 Å². The third-order valence-electron chi connectivity index (χ3n) is 2.94. The van der Waals surface area contributed by atoms with Crippen LogP contribution in [0.25, 0.3) is 0 Å². The quantitative estimate of drug-likeness (QED) is 0.812. The van der Waals surface area contributed by atoms with Gasteiger partial charge >= 0.3 is 0 Å². The Labute approximate surface area is 102 Å². The van der Waals surface area contributed by atoms with Crippen LogP contribution >= 0.6 is 0 Å². The van der Waals surface area contributed by atoms with Crippen molar-refractivity contribution in [2.75, 3.05) is 0 Å². The van der Waals surface area contributed by atoms with Crippen molar-refractivity contribution in [3.05, 3.63) is 36.4 Å². The molecule has 0 saturated heterocycles. The van der Waals surface area contributed by atoms with Crippen LogP contribution < -0.4 is 0 Å². The van der Waals surface area contributed by atoms with E-state index in [1.54, 1.807) is 0 Å². The van der Waals surface area contributed by atoms with Crippen LogP contribution in [0.3, 0.4) is 0 Å². The highest BCUT2D eigenvalue weighted by molar-refractivity contribution is 5.05. The summed E-state index contributed by atoms with van der Waals surface area (Å²) in [7, 11) is 0. The molecule has 0 aromatic carbocycles. The number of nitrogens with zero attached hydrogens (tertiary/aromatic N) is 4. The number of hydrogen-bond acceptors (Lipinski definition) is 2. The third-order valence-corrected chi connectivity index (χ3v) is 2.94. The van der Waals surface area contributed by atoms with Crippen LogP contribution in [0.15, 0.2) is 24.9 Å². The van der Waals surface area contributed by atoms with E-state index in [0.717, 1.165) is 18.1 Å². The molecule has 92 valence electrons. The molecule has 4 heteroatoms. The lowest BCUT2D eigenvalue weighted by molar-refractivity contribution is 0.449. The molecule has 2 aromatic rings. The number of aromatic nitrogens is 4. The Morgan fingerprint density at radius 3 is 2.65 bits per heavy atom. The lowest BCUT2D eigenvalue weighted by Crippen LogP contribution is -2.14. The molecular weight excluding hydrogens is 212 g/mol. The van der Waals surface area contributed by atoms with Crippen molar-refractivity contribution < 1.29 is 0 Å². The van der Waals surface area contributed by atoms with Crippen LogP contribution in [0, 0.1) is 6.92 Å². The molecule has 0 bridgehead atoms. The number of hydrogen-bond donors (Lipinski definition) is 0. The summed E-state index contributed by atoms with van der Waals surface area (Å²) in [6, 6.07) is 0.392. The lowest BCUT2D eigenvalue weighted by Gasteiger charge is -2.16. The van der Waals surface area contributed by atoms with Gasteiger partial charge in [0.05, 0.1) is 12.0 Å². The van der Waals surface area contributed by atoms with Gasteiger partial charge in [-0.1, -0.05) is 13.8 Å². The smallest absolute Gasteiger partial charge is 0.111 e. The van der Waals surface area contributed by atoms with Crippen LogP contribution in [0.5, 0.6) is 0 Å². The molecule has 4 nitrogen and oxygen atoms in total. The van der Waals surface area contributed by atoms with Crippen molar-refractivity contribution in [2.24, 2.45) is 0 Å². The van der Waals surface area contributed by atoms with Crippen molar-refractivity contribution in [3.63, 3.8) is 0 Å². The summed E-state index contributed by atoms with van der Waals surface area (Å²) >= 11 is 0. The maximum absolute atomic E-state index is 4.58. The molecule has 0 aliphatic heterocycles. The average molecular weight is 232 g/mol. The maximum Gasteiger partial charge on any atom is 0.111 e. The highest BCUT2D eigenvalue weighted by Gasteiger charge is 2.12. The summed E-state index contributed by atoms with van der Waals surface area (Å²) in [4.78, 5) is 8.67. The van der Waals surface area contributed by atoms with Crippen LogP contribution in [-0.4, -0.2) is 19.1 Å². The fraction of sp³-hybridized carbons (Fsp3) is 0.538. The molecule has 0 radical (unpaired) electrons. The largest absolute Gasteiger partial charge is 0.333 e. The standard InChI is InChI=1S/C13H20N4/c1-10(2)13-15-11(3)7-17(13)8-12(4)16-6-5-14-9-16/h5-7,9-10,12H,8H2,1-4H3. The molecule has 0 spiro atoms. The molecule has 0 saturated carbocycles. The van der Waals surface area contributed by atoms with E-state index in [2.05, 4.69) is 46.1 Å². The van der Waals surface area contributed by atoms with E-state index in [1.165, 1.54) is 0 Å². The number of aryl methyl sites for hydroxylation is 1. The zero-order chi connectivity index (χ0) is 12.4. The second kappa shape index (κ2) is 4.73. The molecule has 0 fully saturated rings. The van der Waals surface area contributed by atoms with Crippen LogP contribution in [0.4, 0.5) is 0 Å². The van der Waals surface area contributed by atoms with Crippen LogP contribution in [-0.2, 0) is 6.54 Å². The summed E-state index contributed by atoms with van der Waals surface area (Å²) < 4.78 is 4.38. The minimum atomic E-state index is 0.392. The molecule has 1 atom stereocenters. The van der Waals surface area contributed by atoms with Crippen LogP contribution in [0.2, 0.25) is 0 Å². The summed E-state index contributed by atoms with van der Waals surface area (Å²) in [5, 5.41) is 0. The molecule has 2 heterocycles. The second-order valence-electron chi connectivity index (χ2n) is 4.91. The number of imidazole rings is 2. The maximum atomic E-state index is 4.58. The highest BCUT2D eigenvalue weighted by atomic mass is 15.1. The Morgan fingerprint density at radius 1 is 1.29 bits per heavy atom.